The Bertz CT molecular complexity index is 357. The lowest BCUT2D eigenvalue weighted by molar-refractivity contribution is 0.0724. The van der Waals surface area contributed by atoms with Crippen molar-refractivity contribution >= 4 is 21.8 Å². The van der Waals surface area contributed by atoms with Crippen LogP contribution in [0.25, 0.3) is 0 Å². The van der Waals surface area contributed by atoms with Crippen molar-refractivity contribution in [3.05, 3.63) is 0 Å². The van der Waals surface area contributed by atoms with Crippen molar-refractivity contribution in [2.45, 2.75) is 31.1 Å². The largest absolute Gasteiger partial charge is 0.379 e. The second kappa shape index (κ2) is 6.52. The first-order chi connectivity index (χ1) is 8.59. The number of hydrogen-bond donors (Lipinski definition) is 1. The van der Waals surface area contributed by atoms with Crippen molar-refractivity contribution in [2.24, 2.45) is 5.92 Å². The van der Waals surface area contributed by atoms with Crippen LogP contribution in [-0.4, -0.2) is 50.9 Å². The molecule has 5 nitrogen and oxygen atoms in total. The molecule has 2 unspecified atom stereocenters. The van der Waals surface area contributed by atoms with Crippen LogP contribution in [0.4, 0.5) is 0 Å². The van der Waals surface area contributed by atoms with Gasteiger partial charge in [0.15, 0.2) is 0 Å². The summed E-state index contributed by atoms with van der Waals surface area (Å²) in [4.78, 5) is 0. The summed E-state index contributed by atoms with van der Waals surface area (Å²) >= 11 is 6.23. The van der Waals surface area contributed by atoms with Gasteiger partial charge < -0.3 is 4.74 Å². The molecule has 1 aliphatic heterocycles. The van der Waals surface area contributed by atoms with Gasteiger partial charge in [-0.1, -0.05) is 12.8 Å². The fourth-order valence-corrected chi connectivity index (χ4v) is 4.09. The molecule has 1 aliphatic carbocycles. The molecule has 2 atom stereocenters. The van der Waals surface area contributed by atoms with Crippen LogP contribution in [0.5, 0.6) is 0 Å². The second-order valence-corrected chi connectivity index (χ2v) is 7.24. The van der Waals surface area contributed by atoms with Crippen LogP contribution in [0, 0.1) is 5.92 Å². The maximum Gasteiger partial charge on any atom is 0.279 e. The smallest absolute Gasteiger partial charge is 0.279 e. The molecule has 2 fully saturated rings. The molecule has 0 spiro atoms. The quantitative estimate of drug-likeness (QED) is 0.786. The van der Waals surface area contributed by atoms with E-state index in [2.05, 4.69) is 4.72 Å². The van der Waals surface area contributed by atoms with Crippen molar-refractivity contribution in [3.8, 4) is 0 Å². The third kappa shape index (κ3) is 3.81. The van der Waals surface area contributed by atoms with E-state index in [0.29, 0.717) is 32.8 Å². The van der Waals surface area contributed by atoms with Gasteiger partial charge in [0.2, 0.25) is 0 Å². The number of nitrogens with zero attached hydrogens (tertiary/aromatic N) is 1. The Labute approximate surface area is 114 Å². The third-order valence-electron chi connectivity index (χ3n) is 3.65. The van der Waals surface area contributed by atoms with Gasteiger partial charge in [0.25, 0.3) is 10.2 Å². The monoisotopic (exact) mass is 296 g/mol. The van der Waals surface area contributed by atoms with Gasteiger partial charge in [-0.15, -0.1) is 11.6 Å². The SMILES string of the molecule is O=S(=O)(NCC1CCCCC1Cl)N1CCOCC1. The lowest BCUT2D eigenvalue weighted by atomic mass is 9.89. The van der Waals surface area contributed by atoms with Gasteiger partial charge in [-0.25, -0.2) is 4.72 Å². The summed E-state index contributed by atoms with van der Waals surface area (Å²) in [6.45, 7) is 2.27. The number of hydrogen-bond acceptors (Lipinski definition) is 3. The topological polar surface area (TPSA) is 58.6 Å². The molecular weight excluding hydrogens is 276 g/mol. The summed E-state index contributed by atoms with van der Waals surface area (Å²) in [5.41, 5.74) is 0. The van der Waals surface area contributed by atoms with Crippen molar-refractivity contribution in [1.82, 2.24) is 9.03 Å². The lowest BCUT2D eigenvalue weighted by Crippen LogP contribution is -2.48. The van der Waals surface area contributed by atoms with Crippen LogP contribution < -0.4 is 4.72 Å². The number of morpholine rings is 1. The molecule has 1 N–H and O–H groups in total. The van der Waals surface area contributed by atoms with E-state index in [1.807, 2.05) is 0 Å². The van der Waals surface area contributed by atoms with Crippen LogP contribution in [0.15, 0.2) is 0 Å². The summed E-state index contributed by atoms with van der Waals surface area (Å²) in [6.07, 6.45) is 4.30. The molecule has 106 valence electrons. The second-order valence-electron chi connectivity index (χ2n) is 4.93. The summed E-state index contributed by atoms with van der Waals surface area (Å²) in [5.74, 6) is 0.260. The van der Waals surface area contributed by atoms with E-state index in [9.17, 15) is 8.42 Å². The number of ether oxygens (including phenoxy) is 1. The van der Waals surface area contributed by atoms with Crippen molar-refractivity contribution in [1.29, 1.82) is 0 Å². The average Bonchev–Trinajstić information content (AvgIpc) is 2.39. The standard InChI is InChI=1S/C11H21ClN2O3S/c12-11-4-2-1-3-10(11)9-13-18(15,16)14-5-7-17-8-6-14/h10-11,13H,1-9H2. The molecule has 0 amide bonds. The molecule has 2 aliphatic rings. The molecule has 0 aromatic heterocycles. The zero-order valence-electron chi connectivity index (χ0n) is 10.5. The number of nitrogens with one attached hydrogen (secondary N) is 1. The fourth-order valence-electron chi connectivity index (χ4n) is 2.48. The van der Waals surface area contributed by atoms with E-state index in [4.69, 9.17) is 16.3 Å². The first kappa shape index (κ1) is 14.5. The Morgan fingerprint density at radius 1 is 1.22 bits per heavy atom. The Kier molecular flexibility index (Phi) is 5.26. The molecule has 7 heteroatoms. The fraction of sp³-hybridized carbons (Fsp3) is 1.00. The van der Waals surface area contributed by atoms with Crippen molar-refractivity contribution in [3.63, 3.8) is 0 Å². The highest BCUT2D eigenvalue weighted by atomic mass is 35.5. The zero-order chi connectivity index (χ0) is 13.0. The van der Waals surface area contributed by atoms with Crippen molar-refractivity contribution in [2.75, 3.05) is 32.8 Å². The average molecular weight is 297 g/mol. The molecule has 0 radical (unpaired) electrons. The molecule has 0 aromatic carbocycles. The predicted octanol–water partition coefficient (Wildman–Crippen LogP) is 0.951. The maximum absolute atomic E-state index is 12.1. The van der Waals surface area contributed by atoms with Gasteiger partial charge in [-0.3, -0.25) is 0 Å². The maximum atomic E-state index is 12.1. The van der Waals surface area contributed by atoms with E-state index in [1.165, 1.54) is 4.31 Å². The summed E-state index contributed by atoms with van der Waals surface area (Å²) in [5, 5.41) is 0.103. The molecule has 0 bridgehead atoms. The lowest BCUT2D eigenvalue weighted by Gasteiger charge is -2.30. The Balaban J connectivity index is 1.84. The van der Waals surface area contributed by atoms with Crippen LogP contribution >= 0.6 is 11.6 Å². The van der Waals surface area contributed by atoms with Crippen LogP contribution in [-0.2, 0) is 14.9 Å². The van der Waals surface area contributed by atoms with Gasteiger partial charge in [0, 0.05) is 25.0 Å². The van der Waals surface area contributed by atoms with Crippen LogP contribution in [0.2, 0.25) is 0 Å². The normalized spacial score (nSPS) is 31.4. The highest BCUT2D eigenvalue weighted by Gasteiger charge is 2.28. The van der Waals surface area contributed by atoms with Crippen molar-refractivity contribution < 1.29 is 13.2 Å². The van der Waals surface area contributed by atoms with Crippen LogP contribution in [0.3, 0.4) is 0 Å². The van der Waals surface area contributed by atoms with Crippen LogP contribution in [0.1, 0.15) is 25.7 Å². The van der Waals surface area contributed by atoms with E-state index >= 15 is 0 Å². The summed E-state index contributed by atoms with van der Waals surface area (Å²) in [6, 6.07) is 0. The third-order valence-corrected chi connectivity index (χ3v) is 5.81. The minimum Gasteiger partial charge on any atom is -0.379 e. The molecule has 2 rings (SSSR count). The minimum atomic E-state index is -3.36. The number of rotatable bonds is 4. The molecule has 18 heavy (non-hydrogen) atoms. The molecule has 0 aromatic rings. The van der Waals surface area contributed by atoms with Gasteiger partial charge in [0.1, 0.15) is 0 Å². The number of halogens is 1. The Morgan fingerprint density at radius 2 is 1.89 bits per heavy atom. The molecular formula is C11H21ClN2O3S. The predicted molar refractivity (Wildman–Crippen MR) is 70.9 cm³/mol. The number of alkyl halides is 1. The zero-order valence-corrected chi connectivity index (χ0v) is 12.0. The molecule has 1 heterocycles. The van der Waals surface area contributed by atoms with Gasteiger partial charge in [-0.05, 0) is 18.8 Å². The van der Waals surface area contributed by atoms with E-state index in [1.54, 1.807) is 0 Å². The Hall–Kier alpha value is 0.120. The van der Waals surface area contributed by atoms with E-state index < -0.39 is 10.2 Å². The summed E-state index contributed by atoms with van der Waals surface area (Å²) < 4.78 is 33.4. The molecule has 1 saturated heterocycles. The Morgan fingerprint density at radius 3 is 2.56 bits per heavy atom. The summed E-state index contributed by atoms with van der Waals surface area (Å²) in [7, 11) is -3.36. The van der Waals surface area contributed by atoms with E-state index in [0.717, 1.165) is 25.7 Å². The minimum absolute atomic E-state index is 0.103. The van der Waals surface area contributed by atoms with Gasteiger partial charge in [-0.2, -0.15) is 12.7 Å². The van der Waals surface area contributed by atoms with E-state index in [-0.39, 0.29) is 11.3 Å². The first-order valence-corrected chi connectivity index (χ1v) is 8.44. The highest BCUT2D eigenvalue weighted by Crippen LogP contribution is 2.28. The van der Waals surface area contributed by atoms with Gasteiger partial charge >= 0.3 is 0 Å². The first-order valence-electron chi connectivity index (χ1n) is 6.56. The van der Waals surface area contributed by atoms with Gasteiger partial charge in [0.05, 0.1) is 13.2 Å². The molecule has 1 saturated carbocycles. The highest BCUT2D eigenvalue weighted by molar-refractivity contribution is 7.87.